The molecular formula is C20H23NO5S. The fourth-order valence-electron chi connectivity index (χ4n) is 2.41. The second-order valence-electron chi connectivity index (χ2n) is 6.34. The van der Waals surface area contributed by atoms with E-state index in [-0.39, 0.29) is 17.6 Å². The third kappa shape index (κ3) is 5.40. The fourth-order valence-corrected chi connectivity index (χ4v) is 3.04. The van der Waals surface area contributed by atoms with Gasteiger partial charge in [-0.3, -0.25) is 9.59 Å². The highest BCUT2D eigenvalue weighted by atomic mass is 32.1. The Labute approximate surface area is 162 Å². The van der Waals surface area contributed by atoms with Crippen LogP contribution in [0, 0.1) is 5.92 Å². The van der Waals surface area contributed by atoms with Crippen molar-refractivity contribution in [3.63, 3.8) is 0 Å². The summed E-state index contributed by atoms with van der Waals surface area (Å²) in [5.41, 5.74) is 0.416. The lowest BCUT2D eigenvalue weighted by Gasteiger charge is -2.22. The van der Waals surface area contributed by atoms with E-state index in [1.54, 1.807) is 55.6 Å². The number of ketones is 1. The van der Waals surface area contributed by atoms with Crippen molar-refractivity contribution in [2.75, 3.05) is 7.11 Å². The third-order valence-electron chi connectivity index (χ3n) is 3.99. The highest BCUT2D eigenvalue weighted by Gasteiger charge is 2.29. The number of methoxy groups -OCH3 is 1. The van der Waals surface area contributed by atoms with Crippen LogP contribution >= 0.6 is 11.3 Å². The molecule has 1 aromatic carbocycles. The van der Waals surface area contributed by atoms with Crippen LogP contribution in [-0.4, -0.2) is 36.9 Å². The van der Waals surface area contributed by atoms with E-state index < -0.39 is 18.1 Å². The van der Waals surface area contributed by atoms with Crippen LogP contribution in [0.25, 0.3) is 0 Å². The zero-order valence-corrected chi connectivity index (χ0v) is 16.5. The number of carbonyl (C=O) groups excluding carboxylic acids is 3. The highest BCUT2D eigenvalue weighted by Crippen LogP contribution is 2.15. The summed E-state index contributed by atoms with van der Waals surface area (Å²) in [7, 11) is 1.54. The second-order valence-corrected chi connectivity index (χ2v) is 7.29. The van der Waals surface area contributed by atoms with Crippen LogP contribution in [0.1, 0.15) is 40.8 Å². The van der Waals surface area contributed by atoms with E-state index >= 15 is 0 Å². The van der Waals surface area contributed by atoms with Crippen molar-refractivity contribution in [1.82, 2.24) is 5.32 Å². The zero-order chi connectivity index (χ0) is 20.0. The maximum Gasteiger partial charge on any atom is 0.329 e. The Morgan fingerprint density at radius 1 is 1.04 bits per heavy atom. The fraction of sp³-hybridized carbons (Fsp3) is 0.350. The lowest BCUT2D eigenvalue weighted by Crippen LogP contribution is -2.46. The molecule has 0 spiro atoms. The minimum absolute atomic E-state index is 0.190. The summed E-state index contributed by atoms with van der Waals surface area (Å²) in [5.74, 6) is -0.853. The summed E-state index contributed by atoms with van der Waals surface area (Å²) < 4.78 is 10.4. The van der Waals surface area contributed by atoms with Crippen LogP contribution in [0.3, 0.4) is 0 Å². The van der Waals surface area contributed by atoms with Gasteiger partial charge in [-0.1, -0.05) is 19.9 Å². The Morgan fingerprint density at radius 3 is 2.22 bits per heavy atom. The number of esters is 1. The molecule has 0 saturated carbocycles. The first-order valence-electron chi connectivity index (χ1n) is 8.56. The number of hydrogen-bond donors (Lipinski definition) is 1. The number of amides is 1. The third-order valence-corrected chi connectivity index (χ3v) is 4.86. The van der Waals surface area contributed by atoms with E-state index in [9.17, 15) is 14.4 Å². The van der Waals surface area contributed by atoms with Crippen LogP contribution < -0.4 is 10.1 Å². The van der Waals surface area contributed by atoms with Crippen LogP contribution in [-0.2, 0) is 9.53 Å². The molecule has 2 atom stereocenters. The molecule has 27 heavy (non-hydrogen) atoms. The molecule has 2 aromatic rings. The molecule has 1 heterocycles. The van der Waals surface area contributed by atoms with Crippen LogP contribution in [0.4, 0.5) is 0 Å². The predicted molar refractivity (Wildman–Crippen MR) is 103 cm³/mol. The largest absolute Gasteiger partial charge is 0.497 e. The number of rotatable bonds is 8. The van der Waals surface area contributed by atoms with Gasteiger partial charge in [0.05, 0.1) is 12.0 Å². The molecule has 144 valence electrons. The normalized spacial score (nSPS) is 12.9. The molecule has 1 amide bonds. The summed E-state index contributed by atoms with van der Waals surface area (Å²) in [6, 6.07) is 9.16. The smallest absolute Gasteiger partial charge is 0.329 e. The van der Waals surface area contributed by atoms with Crippen molar-refractivity contribution < 1.29 is 23.9 Å². The Bertz CT molecular complexity index is 783. The molecule has 0 bridgehead atoms. The average molecular weight is 389 g/mol. The predicted octanol–water partition coefficient (Wildman–Crippen LogP) is 3.33. The quantitative estimate of drug-likeness (QED) is 0.553. The molecule has 0 aliphatic heterocycles. The lowest BCUT2D eigenvalue weighted by molar-refractivity contribution is -0.149. The molecule has 0 aliphatic rings. The molecule has 1 aromatic heterocycles. The Morgan fingerprint density at radius 2 is 1.70 bits per heavy atom. The summed E-state index contributed by atoms with van der Waals surface area (Å²) >= 11 is 1.29. The first-order chi connectivity index (χ1) is 12.8. The number of ether oxygens (including phenoxy) is 2. The zero-order valence-electron chi connectivity index (χ0n) is 15.7. The number of benzene rings is 1. The highest BCUT2D eigenvalue weighted by molar-refractivity contribution is 7.12. The van der Waals surface area contributed by atoms with Crippen molar-refractivity contribution in [3.8, 4) is 5.75 Å². The van der Waals surface area contributed by atoms with Crippen LogP contribution in [0.15, 0.2) is 41.8 Å². The molecule has 2 rings (SSSR count). The number of Topliss-reactive ketones (excluding diaryl/α,β-unsaturated/α-hetero) is 1. The SMILES string of the molecule is COc1ccc(C(=O)[C@@H](C)OC(=O)[C@H](NC(=O)c2cccs2)C(C)C)cc1. The van der Waals surface area contributed by atoms with Crippen molar-refractivity contribution in [3.05, 3.63) is 52.2 Å². The number of nitrogens with one attached hydrogen (secondary N) is 1. The molecular weight excluding hydrogens is 366 g/mol. The van der Waals surface area contributed by atoms with Gasteiger partial charge in [0, 0.05) is 5.56 Å². The van der Waals surface area contributed by atoms with E-state index in [0.717, 1.165) is 0 Å². The van der Waals surface area contributed by atoms with Gasteiger partial charge in [-0.2, -0.15) is 0 Å². The molecule has 6 nitrogen and oxygen atoms in total. The topological polar surface area (TPSA) is 81.7 Å². The van der Waals surface area contributed by atoms with Gasteiger partial charge in [-0.05, 0) is 48.6 Å². The summed E-state index contributed by atoms with van der Waals surface area (Å²) in [6.07, 6.45) is -0.967. The molecule has 0 unspecified atom stereocenters. The minimum atomic E-state index is -0.967. The first kappa shape index (κ1) is 20.6. The number of carbonyl (C=O) groups is 3. The van der Waals surface area contributed by atoms with E-state index in [2.05, 4.69) is 5.32 Å². The van der Waals surface area contributed by atoms with Crippen LogP contribution in [0.2, 0.25) is 0 Å². The average Bonchev–Trinajstić information content (AvgIpc) is 3.19. The Kier molecular flexibility index (Phi) is 7.12. The van der Waals surface area contributed by atoms with Gasteiger partial charge >= 0.3 is 5.97 Å². The second kappa shape index (κ2) is 9.32. The van der Waals surface area contributed by atoms with Crippen molar-refractivity contribution in [1.29, 1.82) is 0 Å². The maximum absolute atomic E-state index is 12.5. The number of thiophene rings is 1. The van der Waals surface area contributed by atoms with Gasteiger partial charge in [-0.15, -0.1) is 11.3 Å². The van der Waals surface area contributed by atoms with Crippen molar-refractivity contribution >= 4 is 29.0 Å². The molecule has 7 heteroatoms. The van der Waals surface area contributed by atoms with Gasteiger partial charge in [0.1, 0.15) is 11.8 Å². The molecule has 0 aliphatic carbocycles. The summed E-state index contributed by atoms with van der Waals surface area (Å²) in [6.45, 7) is 5.12. The monoisotopic (exact) mass is 389 g/mol. The van der Waals surface area contributed by atoms with E-state index in [1.165, 1.54) is 25.4 Å². The van der Waals surface area contributed by atoms with Gasteiger partial charge in [-0.25, -0.2) is 4.79 Å². The minimum Gasteiger partial charge on any atom is -0.497 e. The van der Waals surface area contributed by atoms with Crippen LogP contribution in [0.5, 0.6) is 5.75 Å². The summed E-state index contributed by atoms with van der Waals surface area (Å²) in [5, 5.41) is 4.47. The molecule has 0 saturated heterocycles. The van der Waals surface area contributed by atoms with Gasteiger partial charge < -0.3 is 14.8 Å². The Hall–Kier alpha value is -2.67. The van der Waals surface area contributed by atoms with Crippen molar-refractivity contribution in [2.24, 2.45) is 5.92 Å². The molecule has 0 radical (unpaired) electrons. The summed E-state index contributed by atoms with van der Waals surface area (Å²) in [4.78, 5) is 37.8. The molecule has 1 N–H and O–H groups in total. The van der Waals surface area contributed by atoms with Gasteiger partial charge in [0.25, 0.3) is 5.91 Å². The van der Waals surface area contributed by atoms with Gasteiger partial charge in [0.15, 0.2) is 6.10 Å². The Balaban J connectivity index is 2.02. The molecule has 0 fully saturated rings. The maximum atomic E-state index is 12.5. The standard InChI is InChI=1S/C20H23NO5S/c1-12(2)17(21-19(23)16-6-5-11-27-16)20(24)26-13(3)18(22)14-7-9-15(25-4)10-8-14/h5-13,17H,1-4H3,(H,21,23)/t13-,17-/m1/s1. The van der Waals surface area contributed by atoms with E-state index in [0.29, 0.717) is 16.2 Å². The van der Waals surface area contributed by atoms with Gasteiger partial charge in [0.2, 0.25) is 5.78 Å². The lowest BCUT2D eigenvalue weighted by atomic mass is 10.0. The van der Waals surface area contributed by atoms with E-state index in [1.807, 2.05) is 0 Å². The van der Waals surface area contributed by atoms with Crippen molar-refractivity contribution in [2.45, 2.75) is 32.9 Å². The van der Waals surface area contributed by atoms with E-state index in [4.69, 9.17) is 9.47 Å². The number of hydrogen-bond acceptors (Lipinski definition) is 6. The first-order valence-corrected chi connectivity index (χ1v) is 9.44.